The van der Waals surface area contributed by atoms with Gasteiger partial charge in [-0.05, 0) is 123 Å². The number of aromatic carboxylic acids is 1. The molecule has 6 aliphatic rings. The zero-order valence-corrected chi connectivity index (χ0v) is 45.3. The lowest BCUT2D eigenvalue weighted by Gasteiger charge is -2.35. The van der Waals surface area contributed by atoms with E-state index in [1.54, 1.807) is 29.0 Å². The molecular formula is C67H67FN6O6+2. The maximum atomic E-state index is 15.5. The number of benzene rings is 6. The van der Waals surface area contributed by atoms with Gasteiger partial charge in [0.2, 0.25) is 5.36 Å². The van der Waals surface area contributed by atoms with Crippen LogP contribution in [-0.2, 0) is 38.5 Å². The maximum absolute atomic E-state index is 15.5. The van der Waals surface area contributed by atoms with Gasteiger partial charge in [-0.15, -0.1) is 0 Å². The highest BCUT2D eigenvalue weighted by atomic mass is 19.1. The number of aryl methyl sites for hydroxylation is 2. The van der Waals surface area contributed by atoms with E-state index in [-0.39, 0.29) is 29.5 Å². The largest absolute Gasteiger partial charge is 0.491 e. The Kier molecular flexibility index (Phi) is 14.2. The molecule has 1 amide bonds. The van der Waals surface area contributed by atoms with Crippen LogP contribution < -0.4 is 44.7 Å². The Hall–Kier alpha value is -8.19. The highest BCUT2D eigenvalue weighted by Crippen LogP contribution is 2.48. The van der Waals surface area contributed by atoms with Crippen molar-refractivity contribution in [1.29, 1.82) is 0 Å². The molecule has 6 aliphatic heterocycles. The van der Waals surface area contributed by atoms with Gasteiger partial charge in [0, 0.05) is 89.6 Å². The number of amides is 1. The molecule has 3 N–H and O–H groups in total. The first kappa shape index (κ1) is 51.3. The molecule has 1 aromatic heterocycles. The number of anilines is 2. The Morgan fingerprint density at radius 1 is 0.775 bits per heavy atom. The summed E-state index contributed by atoms with van der Waals surface area (Å²) < 4.78 is 32.9. The summed E-state index contributed by atoms with van der Waals surface area (Å²) in [6.45, 7) is 4.90. The van der Waals surface area contributed by atoms with Crippen LogP contribution in [0.1, 0.15) is 140 Å². The Bertz CT molecular complexity index is 3750. The van der Waals surface area contributed by atoms with E-state index in [1.165, 1.54) is 39.4 Å². The molecule has 80 heavy (non-hydrogen) atoms. The first-order chi connectivity index (χ1) is 39.2. The topological polar surface area (TPSA) is 137 Å². The summed E-state index contributed by atoms with van der Waals surface area (Å²) in [6, 6.07) is 33.9. The summed E-state index contributed by atoms with van der Waals surface area (Å²) in [7, 11) is 0. The lowest BCUT2D eigenvalue weighted by molar-refractivity contribution is -0.552. The molecule has 0 radical (unpaired) electrons. The van der Waals surface area contributed by atoms with Gasteiger partial charge in [0.1, 0.15) is 42.2 Å². The lowest BCUT2D eigenvalue weighted by Crippen LogP contribution is -2.44. The predicted molar refractivity (Wildman–Crippen MR) is 306 cm³/mol. The number of nitrogens with zero attached hydrogens (tertiary/aromatic N) is 4. The van der Waals surface area contributed by atoms with E-state index in [4.69, 9.17) is 14.5 Å². The smallest absolute Gasteiger partial charge is 0.359 e. The average Bonchev–Trinajstić information content (AvgIpc) is 3.67. The van der Waals surface area contributed by atoms with Crippen molar-refractivity contribution in [3.63, 3.8) is 0 Å². The summed E-state index contributed by atoms with van der Waals surface area (Å²) in [4.78, 5) is 48.7. The van der Waals surface area contributed by atoms with E-state index in [0.717, 1.165) is 148 Å². The number of carbonyl (C=O) groups is 3. The number of unbranched alkanes of at least 4 members (excludes halogenated alkanes) is 3. The van der Waals surface area contributed by atoms with Gasteiger partial charge in [0.15, 0.2) is 17.6 Å². The molecule has 7 heterocycles. The minimum absolute atomic E-state index is 0.0998. The van der Waals surface area contributed by atoms with Crippen LogP contribution in [0.2, 0.25) is 0 Å². The number of carbonyl (C=O) groups excluding carboxylic acids is 2. The quantitative estimate of drug-likeness (QED) is 0.0639. The van der Waals surface area contributed by atoms with E-state index in [0.29, 0.717) is 60.6 Å². The number of hydrogen-bond acceptors (Lipinski definition) is 8. The van der Waals surface area contributed by atoms with Crippen molar-refractivity contribution >= 4 is 34.9 Å². The Labute approximate surface area is 465 Å². The number of hydrogen-bond donors (Lipinski definition) is 3. The van der Waals surface area contributed by atoms with E-state index in [2.05, 4.69) is 32.2 Å². The molecule has 0 bridgehead atoms. The first-order valence-electron chi connectivity index (χ1n) is 29.1. The summed E-state index contributed by atoms with van der Waals surface area (Å²) in [6.07, 6.45) is 16.0. The molecule has 0 saturated heterocycles. The van der Waals surface area contributed by atoms with Crippen LogP contribution in [0.25, 0.3) is 16.8 Å². The zero-order chi connectivity index (χ0) is 54.3. The molecule has 1 unspecified atom stereocenters. The predicted octanol–water partition coefficient (Wildman–Crippen LogP) is 9.73. The van der Waals surface area contributed by atoms with E-state index in [1.807, 2.05) is 72.8 Å². The van der Waals surface area contributed by atoms with Crippen LogP contribution in [-0.4, -0.2) is 73.2 Å². The molecule has 1 atom stereocenters. The van der Waals surface area contributed by atoms with Crippen LogP contribution in [0.15, 0.2) is 115 Å². The van der Waals surface area contributed by atoms with Crippen LogP contribution >= 0.6 is 0 Å². The number of carboxylic acids is 1. The Morgan fingerprint density at radius 2 is 1.56 bits per heavy atom. The third-order valence-corrected chi connectivity index (χ3v) is 17.2. The second-order valence-electron chi connectivity index (χ2n) is 22.5. The normalized spacial score (nSPS) is 16.7. The van der Waals surface area contributed by atoms with E-state index < -0.39 is 17.8 Å². The standard InChI is InChI=1S/C67H65FN6O6/c68-54-35-43(37-56-66(76)74-41-57(44-19-7-4-8-20-44)70-55(64(74)71-56)36-42-17-5-3-6-18-42)25-28-58(54)79-34-14-2-1-11-29-69-65(75)47-26-27-48(51(40-47)67(77)78)59-52-38-45-21-9-12-30-72-32-15-23-49(60(45)72)62(52)80-63-50-24-16-33-73-31-13-10-22-46(61(50)73)39-53(59)63/h3-8,17-20,25-28,35,38-41,56H,1-2,9-16,21-24,29-34,36-37H2,(H-,69,75,77,78)/p+2. The molecule has 7 aromatic rings. The highest BCUT2D eigenvalue weighted by Gasteiger charge is 2.42. The summed E-state index contributed by atoms with van der Waals surface area (Å²) >= 11 is 0. The van der Waals surface area contributed by atoms with Gasteiger partial charge in [0.25, 0.3) is 5.91 Å². The molecule has 0 spiro atoms. The van der Waals surface area contributed by atoms with Gasteiger partial charge in [0.05, 0.1) is 17.7 Å². The molecule has 12 nitrogen and oxygen atoms in total. The van der Waals surface area contributed by atoms with Gasteiger partial charge < -0.3 is 24.8 Å². The molecule has 406 valence electrons. The fourth-order valence-electron chi connectivity index (χ4n) is 13.4. The summed E-state index contributed by atoms with van der Waals surface area (Å²) in [5, 5.41) is 19.7. The third-order valence-electron chi connectivity index (χ3n) is 17.2. The van der Waals surface area contributed by atoms with Crippen molar-refractivity contribution in [2.75, 3.05) is 49.5 Å². The van der Waals surface area contributed by atoms with Gasteiger partial charge >= 0.3 is 17.7 Å². The minimum Gasteiger partial charge on any atom is -0.491 e. The van der Waals surface area contributed by atoms with Crippen LogP contribution in [0.4, 0.5) is 15.9 Å². The first-order valence-corrected chi connectivity index (χ1v) is 29.1. The average molecular weight is 1070 g/mol. The SMILES string of the molecule is O=C(NCCCCCCOc1ccc(CC2Nc3c(Cc4ccccc4)nc(-c4ccccc4)c[n+]3C2=O)cc1F)c1ccc(C2=c3cc4c5c(c3Oc3c2cc2c6c3CCCN6CCCC2)CCC[N+]=5CCCC4)c(C(=O)O)c1. The molecule has 6 aromatic carbocycles. The number of ether oxygens (including phenoxy) is 2. The molecule has 13 rings (SSSR count). The lowest BCUT2D eigenvalue weighted by atomic mass is 9.83. The second kappa shape index (κ2) is 22.2. The van der Waals surface area contributed by atoms with Gasteiger partial charge in [-0.2, -0.15) is 4.57 Å². The van der Waals surface area contributed by atoms with Crippen LogP contribution in [0, 0.1) is 5.82 Å². The zero-order valence-electron chi connectivity index (χ0n) is 45.3. The number of fused-ring (bicyclic) bond motifs is 5. The van der Waals surface area contributed by atoms with Gasteiger partial charge in [-0.1, -0.05) is 85.6 Å². The number of aromatic nitrogens is 2. The van der Waals surface area contributed by atoms with Crippen molar-refractivity contribution in [3.05, 3.63) is 193 Å². The third kappa shape index (κ3) is 9.89. The molecule has 13 heteroatoms. The van der Waals surface area contributed by atoms with E-state index in [9.17, 15) is 19.5 Å². The molecule has 0 saturated carbocycles. The van der Waals surface area contributed by atoms with Crippen molar-refractivity contribution in [1.82, 2.24) is 14.9 Å². The highest BCUT2D eigenvalue weighted by molar-refractivity contribution is 6.03. The van der Waals surface area contributed by atoms with Crippen molar-refractivity contribution in [2.45, 2.75) is 109 Å². The van der Waals surface area contributed by atoms with Gasteiger partial charge in [-0.25, -0.2) is 23.5 Å². The summed E-state index contributed by atoms with van der Waals surface area (Å²) in [5.41, 5.74) is 13.4. The number of nitrogens with one attached hydrogen (secondary N) is 2. The number of rotatable bonds is 16. The minimum atomic E-state index is -1.08. The van der Waals surface area contributed by atoms with Crippen molar-refractivity contribution in [3.8, 4) is 28.5 Å². The second-order valence-corrected chi connectivity index (χ2v) is 22.5. The fourth-order valence-corrected chi connectivity index (χ4v) is 13.4. The molecule has 0 aliphatic carbocycles. The Balaban J connectivity index is 0.651. The fraction of sp³-hybridized carbons (Fsp3) is 0.343. The number of halogens is 1. The van der Waals surface area contributed by atoms with Crippen molar-refractivity contribution < 1.29 is 37.9 Å². The summed E-state index contributed by atoms with van der Waals surface area (Å²) in [5.74, 6) is 0.547. The van der Waals surface area contributed by atoms with Crippen LogP contribution in [0.3, 0.4) is 0 Å². The van der Waals surface area contributed by atoms with Gasteiger partial charge in [-0.3, -0.25) is 10.1 Å². The molecular weight excluding hydrogens is 1000 g/mol. The van der Waals surface area contributed by atoms with Crippen molar-refractivity contribution in [2.24, 2.45) is 0 Å². The van der Waals surface area contributed by atoms with Crippen LogP contribution in [0.5, 0.6) is 17.2 Å². The number of carboxylic acid groups (broad SMARTS) is 1. The Morgan fingerprint density at radius 3 is 2.41 bits per heavy atom. The maximum Gasteiger partial charge on any atom is 0.359 e. The molecule has 0 fully saturated rings. The monoisotopic (exact) mass is 1070 g/mol. The van der Waals surface area contributed by atoms with E-state index >= 15 is 4.39 Å².